The van der Waals surface area contributed by atoms with Crippen LogP contribution in [0.2, 0.25) is 0 Å². The maximum Gasteiger partial charge on any atom is 0.0578 e. The second kappa shape index (κ2) is 6.84. The highest BCUT2D eigenvalue weighted by atomic mass is 16.3. The highest BCUT2D eigenvalue weighted by Gasteiger charge is 2.57. The Balaban J connectivity index is 1.45. The molecule has 4 aliphatic carbocycles. The summed E-state index contributed by atoms with van der Waals surface area (Å²) < 4.78 is 0. The molecule has 4 aliphatic rings. The van der Waals surface area contributed by atoms with Crippen LogP contribution in [0, 0.1) is 35.5 Å². The number of aryl methyl sites for hydroxylation is 1. The first-order chi connectivity index (χ1) is 13.8. The highest BCUT2D eigenvalue weighted by molar-refractivity contribution is 5.39. The maximum atomic E-state index is 10.2. The van der Waals surface area contributed by atoms with Crippen LogP contribution >= 0.6 is 0 Å². The van der Waals surface area contributed by atoms with E-state index in [1.807, 2.05) is 0 Å². The summed E-state index contributed by atoms with van der Waals surface area (Å²) in [5.41, 5.74) is 6.90. The summed E-state index contributed by atoms with van der Waals surface area (Å²) in [6.45, 7) is 9.78. The maximum absolute atomic E-state index is 10.2. The fraction of sp³-hybridized carbons (Fsp3) is 0.643. The largest absolute Gasteiger partial charge is 0.393 e. The van der Waals surface area contributed by atoms with Crippen LogP contribution in [0.3, 0.4) is 0 Å². The molecule has 1 heteroatoms. The Bertz CT molecular complexity index is 846. The molecular weight excluding hydrogens is 352 g/mol. The molecule has 0 saturated heterocycles. The quantitative estimate of drug-likeness (QED) is 0.579. The number of hydrogen-bond acceptors (Lipinski definition) is 1. The van der Waals surface area contributed by atoms with E-state index in [-0.39, 0.29) is 6.10 Å². The van der Waals surface area contributed by atoms with Crippen LogP contribution < -0.4 is 0 Å². The van der Waals surface area contributed by atoms with Gasteiger partial charge >= 0.3 is 0 Å². The van der Waals surface area contributed by atoms with Crippen LogP contribution in [0.1, 0.15) is 82.8 Å². The highest BCUT2D eigenvalue weighted by Crippen LogP contribution is 2.66. The van der Waals surface area contributed by atoms with Gasteiger partial charge in [0.15, 0.2) is 0 Å². The average Bonchev–Trinajstić information content (AvgIpc) is 3.06. The van der Waals surface area contributed by atoms with Gasteiger partial charge in [0.05, 0.1) is 6.10 Å². The Labute approximate surface area is 177 Å². The number of allylic oxidation sites excluding steroid dienone is 3. The van der Waals surface area contributed by atoms with Crippen molar-refractivity contribution in [2.24, 2.45) is 28.6 Å². The SMILES string of the molecule is Cc1ccc([C@H](C)[C@H]2CC[C@H]3C4=CC=C5C[C@@H](O)CC[C@]5(C)[C@H]4CC[C@]23C)cc1. The van der Waals surface area contributed by atoms with Gasteiger partial charge in [-0.2, -0.15) is 0 Å². The van der Waals surface area contributed by atoms with Gasteiger partial charge in [-0.25, -0.2) is 0 Å². The lowest BCUT2D eigenvalue weighted by Gasteiger charge is -2.55. The predicted molar refractivity (Wildman–Crippen MR) is 121 cm³/mol. The third-order valence-corrected chi connectivity index (χ3v) is 9.82. The molecular formula is C28H38O. The van der Waals surface area contributed by atoms with Gasteiger partial charge in [0.2, 0.25) is 0 Å². The van der Waals surface area contributed by atoms with Crippen LogP contribution in [-0.4, -0.2) is 11.2 Å². The Morgan fingerprint density at radius 1 is 0.931 bits per heavy atom. The molecule has 0 radical (unpaired) electrons. The number of benzene rings is 1. The van der Waals surface area contributed by atoms with Crippen molar-refractivity contribution in [2.45, 2.75) is 84.7 Å². The Morgan fingerprint density at radius 2 is 1.69 bits per heavy atom. The molecule has 0 heterocycles. The zero-order chi connectivity index (χ0) is 20.4. The summed E-state index contributed by atoms with van der Waals surface area (Å²) in [6.07, 6.45) is 13.3. The lowest BCUT2D eigenvalue weighted by molar-refractivity contribution is 0.0407. The fourth-order valence-electron chi connectivity index (χ4n) is 7.95. The molecule has 1 aromatic rings. The number of aliphatic hydroxyl groups excluding tert-OH is 1. The molecule has 0 amide bonds. The van der Waals surface area contributed by atoms with E-state index in [4.69, 9.17) is 0 Å². The molecule has 1 N–H and O–H groups in total. The smallest absolute Gasteiger partial charge is 0.0578 e. The van der Waals surface area contributed by atoms with Crippen molar-refractivity contribution in [2.75, 3.05) is 0 Å². The number of rotatable bonds is 2. The zero-order valence-corrected chi connectivity index (χ0v) is 18.7. The topological polar surface area (TPSA) is 20.2 Å². The monoisotopic (exact) mass is 390 g/mol. The summed E-state index contributed by atoms with van der Waals surface area (Å²) in [7, 11) is 0. The summed E-state index contributed by atoms with van der Waals surface area (Å²) in [5, 5.41) is 10.2. The molecule has 0 aromatic heterocycles. The minimum absolute atomic E-state index is 0.121. The van der Waals surface area contributed by atoms with Gasteiger partial charge in [0.25, 0.3) is 0 Å². The van der Waals surface area contributed by atoms with Gasteiger partial charge in [-0.15, -0.1) is 0 Å². The lowest BCUT2D eigenvalue weighted by Crippen LogP contribution is -2.46. The molecule has 3 saturated carbocycles. The summed E-state index contributed by atoms with van der Waals surface area (Å²) in [5.74, 6) is 2.88. The third-order valence-electron chi connectivity index (χ3n) is 9.82. The van der Waals surface area contributed by atoms with Crippen molar-refractivity contribution < 1.29 is 5.11 Å². The molecule has 1 nitrogen and oxygen atoms in total. The van der Waals surface area contributed by atoms with Crippen LogP contribution in [0.25, 0.3) is 0 Å². The van der Waals surface area contributed by atoms with Crippen molar-refractivity contribution in [1.82, 2.24) is 0 Å². The molecule has 3 fully saturated rings. The molecule has 1 aromatic carbocycles. The Hall–Kier alpha value is -1.34. The van der Waals surface area contributed by atoms with Crippen molar-refractivity contribution in [3.8, 4) is 0 Å². The van der Waals surface area contributed by atoms with Gasteiger partial charge < -0.3 is 5.11 Å². The third kappa shape index (κ3) is 2.91. The normalized spacial score (nSPS) is 42.2. The van der Waals surface area contributed by atoms with Gasteiger partial charge in [-0.1, -0.05) is 73.9 Å². The van der Waals surface area contributed by atoms with E-state index in [1.54, 1.807) is 5.57 Å². The first-order valence-electron chi connectivity index (χ1n) is 12.0. The minimum Gasteiger partial charge on any atom is -0.393 e. The number of hydrogen-bond donors (Lipinski definition) is 1. The molecule has 5 rings (SSSR count). The summed E-state index contributed by atoms with van der Waals surface area (Å²) in [4.78, 5) is 0. The fourth-order valence-corrected chi connectivity index (χ4v) is 7.95. The van der Waals surface area contributed by atoms with E-state index < -0.39 is 0 Å². The Morgan fingerprint density at radius 3 is 2.45 bits per heavy atom. The second-order valence-electron chi connectivity index (χ2n) is 11.2. The van der Waals surface area contributed by atoms with Crippen LogP contribution in [0.15, 0.2) is 47.6 Å². The van der Waals surface area contributed by atoms with Crippen LogP contribution in [0.5, 0.6) is 0 Å². The van der Waals surface area contributed by atoms with Crippen molar-refractivity contribution in [3.63, 3.8) is 0 Å². The van der Waals surface area contributed by atoms with Gasteiger partial charge in [0, 0.05) is 0 Å². The molecule has 7 atom stereocenters. The molecule has 0 spiro atoms. The molecule has 0 unspecified atom stereocenters. The number of aliphatic hydroxyl groups is 1. The van der Waals surface area contributed by atoms with Crippen molar-refractivity contribution in [3.05, 3.63) is 58.7 Å². The van der Waals surface area contributed by atoms with Crippen LogP contribution in [0.4, 0.5) is 0 Å². The number of fused-ring (bicyclic) bond motifs is 5. The van der Waals surface area contributed by atoms with E-state index in [0.717, 1.165) is 31.1 Å². The van der Waals surface area contributed by atoms with Gasteiger partial charge in [0.1, 0.15) is 0 Å². The standard InChI is InChI=1S/C28H38O/c1-18-5-7-20(8-6-18)19(2)24-11-12-25-23-10-9-21-17-22(29)13-15-27(21,3)26(23)14-16-28(24,25)4/h5-10,19,22,24-26,29H,11-17H2,1-4H3/t19-,22-,24+,25-,26-,27-,28+/m0/s1. The second-order valence-corrected chi connectivity index (χ2v) is 11.2. The zero-order valence-electron chi connectivity index (χ0n) is 18.7. The first kappa shape index (κ1) is 19.6. The van der Waals surface area contributed by atoms with E-state index >= 15 is 0 Å². The van der Waals surface area contributed by atoms with E-state index in [1.165, 1.54) is 42.4 Å². The lowest BCUT2D eigenvalue weighted by atomic mass is 9.50. The van der Waals surface area contributed by atoms with Gasteiger partial charge in [-0.3, -0.25) is 0 Å². The van der Waals surface area contributed by atoms with Crippen molar-refractivity contribution >= 4 is 0 Å². The van der Waals surface area contributed by atoms with E-state index in [0.29, 0.717) is 22.7 Å². The molecule has 0 aliphatic heterocycles. The summed E-state index contributed by atoms with van der Waals surface area (Å²) >= 11 is 0. The molecule has 0 bridgehead atoms. The minimum atomic E-state index is -0.121. The van der Waals surface area contributed by atoms with Crippen LogP contribution in [-0.2, 0) is 0 Å². The predicted octanol–water partition coefficient (Wildman–Crippen LogP) is 6.96. The van der Waals surface area contributed by atoms with Gasteiger partial charge in [-0.05, 0) is 91.9 Å². The average molecular weight is 391 g/mol. The van der Waals surface area contributed by atoms with E-state index in [2.05, 4.69) is 64.1 Å². The summed E-state index contributed by atoms with van der Waals surface area (Å²) in [6, 6.07) is 9.30. The van der Waals surface area contributed by atoms with Crippen molar-refractivity contribution in [1.29, 1.82) is 0 Å². The Kier molecular flexibility index (Phi) is 4.63. The molecule has 156 valence electrons. The first-order valence-corrected chi connectivity index (χ1v) is 12.0. The van der Waals surface area contributed by atoms with E-state index in [9.17, 15) is 5.11 Å². The molecule has 29 heavy (non-hydrogen) atoms.